The van der Waals surface area contributed by atoms with E-state index in [-0.39, 0.29) is 29.6 Å². The minimum atomic E-state index is -0.569. The van der Waals surface area contributed by atoms with Crippen LogP contribution in [0.25, 0.3) is 17.0 Å². The van der Waals surface area contributed by atoms with Crippen LogP contribution in [0.1, 0.15) is 20.8 Å². The molecule has 11 heteroatoms. The van der Waals surface area contributed by atoms with Crippen molar-refractivity contribution in [2.75, 3.05) is 32.7 Å². The van der Waals surface area contributed by atoms with Gasteiger partial charge < -0.3 is 15.0 Å². The molecule has 1 aromatic carbocycles. The number of nitrogens with zero attached hydrogens (tertiary/aromatic N) is 6. The summed E-state index contributed by atoms with van der Waals surface area (Å²) in [7, 11) is 4.79. The summed E-state index contributed by atoms with van der Waals surface area (Å²) < 4.78 is 20.8. The number of nitrogens with one attached hydrogen (secondary N) is 1. The van der Waals surface area contributed by atoms with E-state index >= 15 is 0 Å². The molecule has 0 aliphatic carbocycles. The monoisotopic (exact) mass is 451 g/mol. The van der Waals surface area contributed by atoms with E-state index in [0.717, 1.165) is 5.56 Å². The van der Waals surface area contributed by atoms with Crippen LogP contribution < -0.4 is 10.1 Å². The van der Waals surface area contributed by atoms with Crippen LogP contribution in [-0.4, -0.2) is 68.2 Å². The SMILES string of the molecule is CN(C)C(=O)c1cnn(C)c1C(=O)Nc1ccn2cc(-c3cccc(OCCF)c3)nc2n1. The lowest BCUT2D eigenvalue weighted by Crippen LogP contribution is -2.26. The zero-order valence-corrected chi connectivity index (χ0v) is 18.3. The number of aryl methyl sites for hydroxylation is 1. The van der Waals surface area contributed by atoms with Crippen LogP contribution in [-0.2, 0) is 7.05 Å². The highest BCUT2D eigenvalue weighted by Gasteiger charge is 2.23. The van der Waals surface area contributed by atoms with Crippen LogP contribution in [0.2, 0.25) is 0 Å². The number of amides is 2. The van der Waals surface area contributed by atoms with E-state index in [1.54, 1.807) is 62.2 Å². The largest absolute Gasteiger partial charge is 0.491 e. The molecule has 4 aromatic rings. The molecular formula is C22H22FN7O3. The lowest BCUT2D eigenvalue weighted by Gasteiger charge is -2.11. The Kier molecular flexibility index (Phi) is 6.03. The molecular weight excluding hydrogens is 429 g/mol. The van der Waals surface area contributed by atoms with Crippen molar-refractivity contribution < 1.29 is 18.7 Å². The van der Waals surface area contributed by atoms with Gasteiger partial charge in [-0.1, -0.05) is 12.1 Å². The fraction of sp³-hybridized carbons (Fsp3) is 0.227. The zero-order valence-electron chi connectivity index (χ0n) is 18.3. The van der Waals surface area contributed by atoms with Crippen LogP contribution in [0.15, 0.2) is 48.9 Å². The molecule has 0 atom stereocenters. The molecule has 4 rings (SSSR count). The van der Waals surface area contributed by atoms with Gasteiger partial charge in [-0.2, -0.15) is 10.1 Å². The number of hydrogen-bond acceptors (Lipinski definition) is 6. The second-order valence-electron chi connectivity index (χ2n) is 7.40. The van der Waals surface area contributed by atoms with Crippen LogP contribution in [0.3, 0.4) is 0 Å². The van der Waals surface area contributed by atoms with Crippen molar-refractivity contribution in [3.05, 3.63) is 60.2 Å². The standard InChI is InChI=1S/C22H22FN7O3/c1-28(2)21(32)16-12-24-29(3)19(16)20(31)26-18-7-9-30-13-17(25-22(30)27-18)14-5-4-6-15(11-14)33-10-8-23/h4-7,9,11-13H,8,10H2,1-3H3,(H,25,26,27,31). The molecule has 0 unspecified atom stereocenters. The van der Waals surface area contributed by atoms with Gasteiger partial charge in [0.05, 0.1) is 17.5 Å². The molecule has 0 saturated heterocycles. The Hall–Kier alpha value is -4.28. The van der Waals surface area contributed by atoms with Crippen molar-refractivity contribution >= 4 is 23.4 Å². The number of rotatable bonds is 7. The normalized spacial score (nSPS) is 10.9. The molecule has 1 N–H and O–H groups in total. The highest BCUT2D eigenvalue weighted by Crippen LogP contribution is 2.24. The first kappa shape index (κ1) is 21.9. The summed E-state index contributed by atoms with van der Waals surface area (Å²) in [6.07, 6.45) is 4.87. The van der Waals surface area contributed by atoms with Crippen LogP contribution >= 0.6 is 0 Å². The number of fused-ring (bicyclic) bond motifs is 1. The molecule has 0 spiro atoms. The second kappa shape index (κ2) is 9.07. The Morgan fingerprint density at radius 3 is 2.79 bits per heavy atom. The number of carbonyl (C=O) groups excluding carboxylic acids is 2. The highest BCUT2D eigenvalue weighted by atomic mass is 19.1. The maximum atomic E-state index is 12.9. The molecule has 0 aliphatic rings. The molecule has 33 heavy (non-hydrogen) atoms. The number of hydrogen-bond donors (Lipinski definition) is 1. The minimum absolute atomic E-state index is 0.0161. The number of benzene rings is 1. The number of ether oxygens (including phenoxy) is 1. The maximum Gasteiger partial charge on any atom is 0.275 e. The van der Waals surface area contributed by atoms with E-state index in [1.165, 1.54) is 15.8 Å². The molecule has 0 aliphatic heterocycles. The van der Waals surface area contributed by atoms with Gasteiger partial charge >= 0.3 is 0 Å². The first-order valence-electron chi connectivity index (χ1n) is 10.1. The molecule has 10 nitrogen and oxygen atoms in total. The summed E-state index contributed by atoms with van der Waals surface area (Å²) in [5.74, 6) is 0.345. The van der Waals surface area contributed by atoms with E-state index in [2.05, 4.69) is 20.4 Å². The van der Waals surface area contributed by atoms with E-state index in [1.807, 2.05) is 6.07 Å². The van der Waals surface area contributed by atoms with Gasteiger partial charge in [-0.3, -0.25) is 18.7 Å². The Bertz CT molecular complexity index is 1330. The zero-order chi connectivity index (χ0) is 23.5. The number of imidazole rings is 1. The lowest BCUT2D eigenvalue weighted by molar-refractivity contribution is 0.0821. The summed E-state index contributed by atoms with van der Waals surface area (Å²) in [5, 5.41) is 6.74. The van der Waals surface area contributed by atoms with Crippen LogP contribution in [0.5, 0.6) is 5.75 Å². The number of anilines is 1. The summed E-state index contributed by atoms with van der Waals surface area (Å²) in [4.78, 5) is 35.5. The van der Waals surface area contributed by atoms with E-state index in [4.69, 9.17) is 4.74 Å². The molecule has 0 radical (unpaired) electrons. The first-order valence-corrected chi connectivity index (χ1v) is 10.1. The smallest absolute Gasteiger partial charge is 0.275 e. The van der Waals surface area contributed by atoms with E-state index in [0.29, 0.717) is 17.2 Å². The van der Waals surface area contributed by atoms with Gasteiger partial charge in [0, 0.05) is 39.1 Å². The Labute approximate surface area is 188 Å². The molecule has 0 fully saturated rings. The Morgan fingerprint density at radius 1 is 1.21 bits per heavy atom. The Balaban J connectivity index is 1.58. The third-order valence-electron chi connectivity index (χ3n) is 4.83. The van der Waals surface area contributed by atoms with Crippen molar-refractivity contribution in [3.8, 4) is 17.0 Å². The molecule has 0 bridgehead atoms. The van der Waals surface area contributed by atoms with Gasteiger partial charge in [-0.05, 0) is 18.2 Å². The number of alkyl halides is 1. The predicted octanol–water partition coefficient (Wildman–Crippen LogP) is 2.43. The minimum Gasteiger partial charge on any atom is -0.491 e. The Morgan fingerprint density at radius 2 is 2.03 bits per heavy atom. The number of halogens is 1. The quantitative estimate of drug-likeness (QED) is 0.463. The lowest BCUT2D eigenvalue weighted by atomic mass is 10.1. The summed E-state index contributed by atoms with van der Waals surface area (Å²) in [5.41, 5.74) is 1.75. The van der Waals surface area contributed by atoms with E-state index < -0.39 is 12.6 Å². The van der Waals surface area contributed by atoms with Gasteiger partial charge in [0.25, 0.3) is 11.8 Å². The molecule has 3 heterocycles. The molecule has 3 aromatic heterocycles. The van der Waals surface area contributed by atoms with Crippen molar-refractivity contribution in [3.63, 3.8) is 0 Å². The van der Waals surface area contributed by atoms with Crippen molar-refractivity contribution in [2.24, 2.45) is 7.05 Å². The number of carbonyl (C=O) groups is 2. The van der Waals surface area contributed by atoms with Gasteiger partial charge in [0.15, 0.2) is 0 Å². The second-order valence-corrected chi connectivity index (χ2v) is 7.40. The fourth-order valence-electron chi connectivity index (χ4n) is 3.26. The van der Waals surface area contributed by atoms with Crippen molar-refractivity contribution in [2.45, 2.75) is 0 Å². The number of aromatic nitrogens is 5. The molecule has 170 valence electrons. The summed E-state index contributed by atoms with van der Waals surface area (Å²) in [6.45, 7) is -0.585. The van der Waals surface area contributed by atoms with Gasteiger partial charge in [0.1, 0.15) is 30.5 Å². The van der Waals surface area contributed by atoms with Crippen molar-refractivity contribution in [1.82, 2.24) is 29.0 Å². The fourth-order valence-corrected chi connectivity index (χ4v) is 3.26. The first-order chi connectivity index (χ1) is 15.9. The van der Waals surface area contributed by atoms with Gasteiger partial charge in [0.2, 0.25) is 5.78 Å². The van der Waals surface area contributed by atoms with E-state index in [9.17, 15) is 14.0 Å². The summed E-state index contributed by atoms with van der Waals surface area (Å²) in [6, 6.07) is 8.80. The topological polar surface area (TPSA) is 107 Å². The highest BCUT2D eigenvalue weighted by molar-refractivity contribution is 6.10. The maximum absolute atomic E-state index is 12.9. The average Bonchev–Trinajstić information content (AvgIpc) is 3.40. The third-order valence-corrected chi connectivity index (χ3v) is 4.83. The predicted molar refractivity (Wildman–Crippen MR) is 119 cm³/mol. The van der Waals surface area contributed by atoms with Crippen molar-refractivity contribution in [1.29, 1.82) is 0 Å². The molecule has 0 saturated carbocycles. The van der Waals surface area contributed by atoms with Gasteiger partial charge in [-0.15, -0.1) is 0 Å². The molecule has 2 amide bonds. The van der Waals surface area contributed by atoms with Crippen LogP contribution in [0.4, 0.5) is 10.2 Å². The third kappa shape index (κ3) is 4.52. The van der Waals surface area contributed by atoms with Crippen LogP contribution in [0, 0.1) is 0 Å². The average molecular weight is 451 g/mol. The van der Waals surface area contributed by atoms with Gasteiger partial charge in [-0.25, -0.2) is 9.37 Å². The summed E-state index contributed by atoms with van der Waals surface area (Å²) >= 11 is 0.